The molecule has 2 aromatic heterocycles. The number of fused-ring (bicyclic) bond motifs is 1. The standard InChI is InChI=1S/C27H24F4N4O2/c1-2-3-9-32-26(37)35-19-7-8-23(28)21(12-19)24(36)22-15-34-25-20(22)11-18(14-33-25)17-6-4-5-16(10-17)13-27(29,30)31/h4-8,10-12,14-15H,2-3,9,13H2,1H3,(H,33,34)(H2,32,35,37). The molecule has 3 N–H and O–H groups in total. The number of nitrogens with zero attached hydrogens (tertiary/aromatic N) is 1. The van der Waals surface area contributed by atoms with Gasteiger partial charge in [0.25, 0.3) is 0 Å². The summed E-state index contributed by atoms with van der Waals surface area (Å²) in [6, 6.07) is 10.9. The molecule has 0 aliphatic heterocycles. The smallest absolute Gasteiger partial charge is 0.345 e. The Morgan fingerprint density at radius 1 is 1.03 bits per heavy atom. The maximum absolute atomic E-state index is 14.7. The Morgan fingerprint density at radius 3 is 2.59 bits per heavy atom. The number of urea groups is 1. The molecule has 10 heteroatoms. The molecule has 0 unspecified atom stereocenters. The molecule has 2 heterocycles. The molecule has 0 spiro atoms. The number of carbonyl (C=O) groups is 2. The lowest BCUT2D eigenvalue weighted by molar-refractivity contribution is -0.127. The number of ketones is 1. The van der Waals surface area contributed by atoms with Crippen molar-refractivity contribution in [1.29, 1.82) is 0 Å². The Morgan fingerprint density at radius 2 is 1.84 bits per heavy atom. The van der Waals surface area contributed by atoms with Gasteiger partial charge in [0, 0.05) is 41.1 Å². The van der Waals surface area contributed by atoms with Crippen LogP contribution in [-0.4, -0.2) is 34.5 Å². The predicted molar refractivity (Wildman–Crippen MR) is 133 cm³/mol. The summed E-state index contributed by atoms with van der Waals surface area (Å²) in [5.41, 5.74) is 1.61. The monoisotopic (exact) mass is 512 g/mol. The van der Waals surface area contributed by atoms with Crippen LogP contribution in [0.3, 0.4) is 0 Å². The van der Waals surface area contributed by atoms with Crippen LogP contribution < -0.4 is 10.6 Å². The molecule has 2 amide bonds. The highest BCUT2D eigenvalue weighted by Crippen LogP contribution is 2.29. The molecular weight excluding hydrogens is 488 g/mol. The number of anilines is 1. The van der Waals surface area contributed by atoms with Crippen molar-refractivity contribution < 1.29 is 27.2 Å². The van der Waals surface area contributed by atoms with Gasteiger partial charge in [0.2, 0.25) is 0 Å². The highest BCUT2D eigenvalue weighted by Gasteiger charge is 2.27. The number of carbonyl (C=O) groups excluding carboxylic acids is 2. The number of hydrogen-bond donors (Lipinski definition) is 3. The molecule has 0 saturated carbocycles. The van der Waals surface area contributed by atoms with Gasteiger partial charge in [-0.3, -0.25) is 4.79 Å². The average Bonchev–Trinajstić information content (AvgIpc) is 3.27. The van der Waals surface area contributed by atoms with Crippen molar-refractivity contribution in [3.8, 4) is 11.1 Å². The van der Waals surface area contributed by atoms with Crippen molar-refractivity contribution in [3.05, 3.63) is 83.4 Å². The van der Waals surface area contributed by atoms with Crippen LogP contribution in [-0.2, 0) is 6.42 Å². The zero-order chi connectivity index (χ0) is 26.6. The van der Waals surface area contributed by atoms with E-state index in [0.29, 0.717) is 28.7 Å². The van der Waals surface area contributed by atoms with Crippen molar-refractivity contribution in [1.82, 2.24) is 15.3 Å². The summed E-state index contributed by atoms with van der Waals surface area (Å²) in [6.45, 7) is 2.48. The number of nitrogens with one attached hydrogen (secondary N) is 3. The van der Waals surface area contributed by atoms with E-state index in [0.717, 1.165) is 18.9 Å². The van der Waals surface area contributed by atoms with E-state index in [2.05, 4.69) is 20.6 Å². The van der Waals surface area contributed by atoms with Gasteiger partial charge in [0.15, 0.2) is 5.78 Å². The highest BCUT2D eigenvalue weighted by molar-refractivity contribution is 6.16. The molecule has 0 aliphatic carbocycles. The van der Waals surface area contributed by atoms with Crippen LogP contribution in [0.5, 0.6) is 0 Å². The van der Waals surface area contributed by atoms with Crippen molar-refractivity contribution in [2.24, 2.45) is 0 Å². The molecule has 6 nitrogen and oxygen atoms in total. The topological polar surface area (TPSA) is 86.9 Å². The van der Waals surface area contributed by atoms with Crippen LogP contribution in [0.2, 0.25) is 0 Å². The van der Waals surface area contributed by atoms with Gasteiger partial charge >= 0.3 is 12.2 Å². The van der Waals surface area contributed by atoms with Gasteiger partial charge in [-0.1, -0.05) is 37.6 Å². The molecule has 0 radical (unpaired) electrons. The first-order valence-electron chi connectivity index (χ1n) is 11.7. The molecule has 0 bridgehead atoms. The number of rotatable bonds is 8. The molecule has 0 atom stereocenters. The number of unbranched alkanes of at least 4 members (excludes halogenated alkanes) is 1. The van der Waals surface area contributed by atoms with Gasteiger partial charge in [-0.25, -0.2) is 14.2 Å². The second-order valence-corrected chi connectivity index (χ2v) is 8.57. The van der Waals surface area contributed by atoms with E-state index >= 15 is 0 Å². The van der Waals surface area contributed by atoms with Gasteiger partial charge in [-0.2, -0.15) is 13.2 Å². The first kappa shape index (κ1) is 25.9. The molecular formula is C27H24F4N4O2. The number of pyridine rings is 1. The number of benzene rings is 2. The third kappa shape index (κ3) is 6.32. The van der Waals surface area contributed by atoms with E-state index in [4.69, 9.17) is 0 Å². The summed E-state index contributed by atoms with van der Waals surface area (Å²) in [7, 11) is 0. The molecule has 2 aromatic carbocycles. The largest absolute Gasteiger partial charge is 0.393 e. The van der Waals surface area contributed by atoms with Crippen LogP contribution in [0.15, 0.2) is 60.9 Å². The maximum Gasteiger partial charge on any atom is 0.393 e. The summed E-state index contributed by atoms with van der Waals surface area (Å²) < 4.78 is 53.2. The van der Waals surface area contributed by atoms with E-state index in [-0.39, 0.29) is 22.4 Å². The SMILES string of the molecule is CCCCNC(=O)Nc1ccc(F)c(C(=O)c2c[nH]c3ncc(-c4cccc(CC(F)(F)F)c4)cc23)c1. The summed E-state index contributed by atoms with van der Waals surface area (Å²) in [5, 5.41) is 5.66. The van der Waals surface area contributed by atoms with Gasteiger partial charge in [-0.15, -0.1) is 0 Å². The molecule has 37 heavy (non-hydrogen) atoms. The predicted octanol–water partition coefficient (Wildman–Crippen LogP) is 6.63. The Kier molecular flexibility index (Phi) is 7.56. The minimum atomic E-state index is -4.34. The molecule has 0 aliphatic rings. The number of hydrogen-bond acceptors (Lipinski definition) is 3. The minimum Gasteiger partial charge on any atom is -0.345 e. The van der Waals surface area contributed by atoms with Crippen LogP contribution in [0.1, 0.15) is 41.3 Å². The number of amides is 2. The minimum absolute atomic E-state index is 0.0978. The summed E-state index contributed by atoms with van der Waals surface area (Å²) in [6.07, 6.45) is -0.794. The van der Waals surface area contributed by atoms with E-state index in [1.807, 2.05) is 6.92 Å². The van der Waals surface area contributed by atoms with Crippen molar-refractivity contribution in [2.45, 2.75) is 32.4 Å². The lowest BCUT2D eigenvalue weighted by Gasteiger charge is -2.10. The Labute approximate surface area is 210 Å². The highest BCUT2D eigenvalue weighted by atomic mass is 19.4. The van der Waals surface area contributed by atoms with Crippen LogP contribution in [0, 0.1) is 5.82 Å². The summed E-state index contributed by atoms with van der Waals surface area (Å²) >= 11 is 0. The quantitative estimate of drug-likeness (QED) is 0.141. The van der Waals surface area contributed by atoms with Gasteiger partial charge in [-0.05, 0) is 41.8 Å². The maximum atomic E-state index is 14.7. The van der Waals surface area contributed by atoms with Gasteiger partial charge < -0.3 is 15.6 Å². The third-order valence-electron chi connectivity index (χ3n) is 5.73. The normalized spacial score (nSPS) is 11.5. The molecule has 4 aromatic rings. The Hall–Kier alpha value is -4.21. The first-order chi connectivity index (χ1) is 17.6. The number of H-pyrrole nitrogens is 1. The fraction of sp³-hybridized carbons (Fsp3) is 0.222. The number of aromatic amines is 1. The van der Waals surface area contributed by atoms with E-state index in [1.165, 1.54) is 42.7 Å². The molecule has 0 fully saturated rings. The lowest BCUT2D eigenvalue weighted by atomic mass is 9.99. The first-order valence-corrected chi connectivity index (χ1v) is 11.7. The average molecular weight is 513 g/mol. The zero-order valence-electron chi connectivity index (χ0n) is 19.9. The second kappa shape index (κ2) is 10.8. The fourth-order valence-electron chi connectivity index (χ4n) is 3.92. The van der Waals surface area contributed by atoms with Crippen LogP contribution in [0.4, 0.5) is 28.0 Å². The lowest BCUT2D eigenvalue weighted by Crippen LogP contribution is -2.29. The van der Waals surface area contributed by atoms with E-state index in [1.54, 1.807) is 12.1 Å². The second-order valence-electron chi connectivity index (χ2n) is 8.57. The summed E-state index contributed by atoms with van der Waals surface area (Å²) in [5.74, 6) is -1.40. The fourth-order valence-corrected chi connectivity index (χ4v) is 3.92. The van der Waals surface area contributed by atoms with Crippen molar-refractivity contribution >= 4 is 28.5 Å². The van der Waals surface area contributed by atoms with E-state index in [9.17, 15) is 27.2 Å². The summed E-state index contributed by atoms with van der Waals surface area (Å²) in [4.78, 5) is 32.5. The number of halogens is 4. The third-order valence-corrected chi connectivity index (χ3v) is 5.73. The molecule has 4 rings (SSSR count). The Balaban J connectivity index is 1.63. The van der Waals surface area contributed by atoms with Crippen molar-refractivity contribution in [2.75, 3.05) is 11.9 Å². The van der Waals surface area contributed by atoms with E-state index < -0.39 is 30.2 Å². The van der Waals surface area contributed by atoms with Gasteiger partial charge in [0.05, 0.1) is 12.0 Å². The zero-order valence-corrected chi connectivity index (χ0v) is 19.9. The van der Waals surface area contributed by atoms with Gasteiger partial charge in [0.1, 0.15) is 11.5 Å². The molecule has 192 valence electrons. The molecule has 0 saturated heterocycles. The van der Waals surface area contributed by atoms with Crippen LogP contribution >= 0.6 is 0 Å². The Bertz CT molecular complexity index is 1450. The number of alkyl halides is 3. The van der Waals surface area contributed by atoms with Crippen LogP contribution in [0.25, 0.3) is 22.2 Å². The van der Waals surface area contributed by atoms with Crippen molar-refractivity contribution in [3.63, 3.8) is 0 Å². The number of aromatic nitrogens is 2.